The number of hydrogen-bond donors (Lipinski definition) is 7. The number of esters is 1. The van der Waals surface area contributed by atoms with Crippen LogP contribution in [0.5, 0.6) is 5.75 Å². The zero-order chi connectivity index (χ0) is 48.6. The monoisotopic (exact) mass is 936 g/mol. The quantitative estimate of drug-likeness (QED) is 0.0927. The number of cyclic esters (lactones) is 1. The van der Waals surface area contributed by atoms with Gasteiger partial charge in [-0.2, -0.15) is 0 Å². The van der Waals surface area contributed by atoms with Gasteiger partial charge in [0.15, 0.2) is 18.7 Å². The average molecular weight is 936 g/mol. The molecule has 4 aliphatic rings. The van der Waals surface area contributed by atoms with Gasteiger partial charge < -0.3 is 69.5 Å². The maximum atomic E-state index is 14.7. The SMILES string of the molecule is CCCNC[C@]1(O)[C@H](C)O[C@@H](OC2C(C)C(=O)OC(CC)C(C)(O)C(O)C(C)NCC(C)CC(C)(O)C(O[C@@H]3O[C@H](C)C[C@H](NC4CCCCC4)[C@H]3Oc3ccccc3)C2C)C[C@@]1(C)OC. The van der Waals surface area contributed by atoms with E-state index in [1.165, 1.54) is 13.3 Å². The van der Waals surface area contributed by atoms with Crippen LogP contribution in [-0.4, -0.2) is 149 Å². The molecule has 0 aromatic heterocycles. The van der Waals surface area contributed by atoms with E-state index in [1.807, 2.05) is 58.0 Å². The second-order valence-corrected chi connectivity index (χ2v) is 21.2. The van der Waals surface area contributed by atoms with Gasteiger partial charge in [0.1, 0.15) is 34.8 Å². The lowest BCUT2D eigenvalue weighted by Crippen LogP contribution is -2.70. The number of ether oxygens (including phenoxy) is 7. The van der Waals surface area contributed by atoms with Gasteiger partial charge in [-0.3, -0.25) is 4.79 Å². The number of carbonyl (C=O) groups excluding carboxylic acids is 1. The molecule has 15 nitrogen and oxygen atoms in total. The molecule has 18 atom stereocenters. The summed E-state index contributed by atoms with van der Waals surface area (Å²) >= 11 is 0. The van der Waals surface area contributed by atoms with Crippen LogP contribution in [0.4, 0.5) is 0 Å². The van der Waals surface area contributed by atoms with E-state index in [-0.39, 0.29) is 43.9 Å². The summed E-state index contributed by atoms with van der Waals surface area (Å²) < 4.78 is 46.7. The van der Waals surface area contributed by atoms with Crippen LogP contribution in [0.15, 0.2) is 30.3 Å². The molecule has 4 fully saturated rings. The van der Waals surface area contributed by atoms with Crippen LogP contribution in [0.3, 0.4) is 0 Å². The van der Waals surface area contributed by atoms with Crippen LogP contribution in [0.2, 0.25) is 0 Å². The van der Waals surface area contributed by atoms with Gasteiger partial charge in [-0.15, -0.1) is 0 Å². The first-order valence-electron chi connectivity index (χ1n) is 25.2. The third kappa shape index (κ3) is 13.0. The molecule has 10 unspecified atom stereocenters. The van der Waals surface area contributed by atoms with Crippen LogP contribution < -0.4 is 20.7 Å². The van der Waals surface area contributed by atoms with Gasteiger partial charge in [0, 0.05) is 38.1 Å². The lowest BCUT2D eigenvalue weighted by atomic mass is 9.75. The van der Waals surface area contributed by atoms with Crippen LogP contribution in [0, 0.1) is 17.8 Å². The number of hydrogen-bond acceptors (Lipinski definition) is 15. The molecule has 0 bridgehead atoms. The highest BCUT2D eigenvalue weighted by molar-refractivity contribution is 5.73. The van der Waals surface area contributed by atoms with Gasteiger partial charge in [0.2, 0.25) is 0 Å². The van der Waals surface area contributed by atoms with Crippen molar-refractivity contribution in [1.29, 1.82) is 0 Å². The minimum atomic E-state index is -1.82. The lowest BCUT2D eigenvalue weighted by molar-refractivity contribution is -0.335. The molecule has 1 aromatic carbocycles. The van der Waals surface area contributed by atoms with E-state index in [4.69, 9.17) is 33.2 Å². The number of carbonyl (C=O) groups is 1. The molecule has 15 heteroatoms. The smallest absolute Gasteiger partial charge is 0.311 e. The Kier molecular flexibility index (Phi) is 19.8. The van der Waals surface area contributed by atoms with Gasteiger partial charge in [0.25, 0.3) is 0 Å². The molecule has 3 saturated heterocycles. The van der Waals surface area contributed by atoms with Crippen LogP contribution in [0.25, 0.3) is 0 Å². The van der Waals surface area contributed by atoms with Gasteiger partial charge in [-0.05, 0) is 118 Å². The van der Waals surface area contributed by atoms with Gasteiger partial charge in [-0.25, -0.2) is 0 Å². The topological polar surface area (TPSA) is 199 Å². The van der Waals surface area contributed by atoms with Crippen molar-refractivity contribution in [2.24, 2.45) is 17.8 Å². The first-order chi connectivity index (χ1) is 31.1. The van der Waals surface area contributed by atoms with Crippen molar-refractivity contribution in [2.75, 3.05) is 26.7 Å². The summed E-state index contributed by atoms with van der Waals surface area (Å²) in [7, 11) is 1.56. The molecule has 0 amide bonds. The summed E-state index contributed by atoms with van der Waals surface area (Å²) in [5, 5.41) is 59.3. The Balaban J connectivity index is 1.60. The lowest BCUT2D eigenvalue weighted by Gasteiger charge is -2.53. The van der Waals surface area contributed by atoms with Crippen molar-refractivity contribution in [3.63, 3.8) is 0 Å². The fraction of sp³-hybridized carbons (Fsp3) is 0.863. The normalized spacial score (nSPS) is 43.9. The number of aliphatic hydroxyl groups excluding tert-OH is 1. The minimum Gasteiger partial charge on any atom is -0.483 e. The number of rotatable bonds is 14. The summed E-state index contributed by atoms with van der Waals surface area (Å²) in [5.41, 5.74) is -5.95. The number of benzene rings is 1. The van der Waals surface area contributed by atoms with E-state index >= 15 is 0 Å². The zero-order valence-electron chi connectivity index (χ0n) is 42.3. The molecule has 7 N–H and O–H groups in total. The molecule has 3 heterocycles. The Hall–Kier alpha value is -1.99. The zero-order valence-corrected chi connectivity index (χ0v) is 42.3. The Morgan fingerprint density at radius 2 is 1.58 bits per heavy atom. The third-order valence-corrected chi connectivity index (χ3v) is 15.4. The standard InChI is InChI=1S/C51H89N3O12/c1-13-25-52-30-51(59)36(8)62-41(28-49(51,10)60-12)65-42-33(5)45(48(9,57)27-31(3)29-53-35(7)44(55)50(11,58)40(14-2)64-46(56)34(42)6)66-47-43(63-38-23-19-16-20-24-38)39(26-32(4)61-47)54-37-21-17-15-18-22-37/h16,19-20,23-24,31-37,39-45,47,52-55,57-59H,13-15,17-18,21-22,25-30H2,1-12H3/t31?,32-,33?,34?,35?,36+,39+,40?,41+,42?,43-,44?,45?,47+,48?,49-,50?,51+/m1/s1. The maximum absolute atomic E-state index is 14.7. The van der Waals surface area contributed by atoms with Crippen molar-refractivity contribution < 1.29 is 58.4 Å². The molecule has 5 rings (SSSR count). The molecule has 66 heavy (non-hydrogen) atoms. The van der Waals surface area contributed by atoms with Gasteiger partial charge in [-0.1, -0.05) is 65.2 Å². The largest absolute Gasteiger partial charge is 0.483 e. The minimum absolute atomic E-state index is 0.106. The van der Waals surface area contributed by atoms with E-state index in [0.29, 0.717) is 31.3 Å². The third-order valence-electron chi connectivity index (χ3n) is 15.4. The Bertz CT molecular complexity index is 1620. The van der Waals surface area contributed by atoms with E-state index in [1.54, 1.807) is 41.7 Å². The average Bonchev–Trinajstić information content (AvgIpc) is 3.28. The molecule has 1 saturated carbocycles. The predicted octanol–water partition coefficient (Wildman–Crippen LogP) is 5.38. The van der Waals surface area contributed by atoms with E-state index in [9.17, 15) is 25.2 Å². The highest BCUT2D eigenvalue weighted by atomic mass is 16.7. The molecule has 380 valence electrons. The van der Waals surface area contributed by atoms with Gasteiger partial charge >= 0.3 is 5.97 Å². The number of para-hydroxylation sites is 1. The Labute approximate surface area is 396 Å². The molecule has 1 aromatic rings. The fourth-order valence-electron chi connectivity index (χ4n) is 11.2. The van der Waals surface area contributed by atoms with E-state index in [2.05, 4.69) is 22.9 Å². The van der Waals surface area contributed by atoms with Crippen molar-refractivity contribution in [3.05, 3.63) is 30.3 Å². The maximum Gasteiger partial charge on any atom is 0.311 e. The Morgan fingerprint density at radius 3 is 2.21 bits per heavy atom. The highest BCUT2D eigenvalue weighted by Gasteiger charge is 2.58. The second-order valence-electron chi connectivity index (χ2n) is 21.2. The van der Waals surface area contributed by atoms with Crippen molar-refractivity contribution in [2.45, 2.75) is 236 Å². The number of aliphatic hydroxyl groups is 4. The summed E-state index contributed by atoms with van der Waals surface area (Å²) in [6, 6.07) is 9.22. The van der Waals surface area contributed by atoms with Crippen LogP contribution in [0.1, 0.15) is 140 Å². The van der Waals surface area contributed by atoms with Crippen LogP contribution in [-0.2, 0) is 33.2 Å². The van der Waals surface area contributed by atoms with E-state index < -0.39 is 95.5 Å². The first-order valence-corrected chi connectivity index (χ1v) is 25.2. The van der Waals surface area contributed by atoms with Crippen molar-refractivity contribution in [1.82, 2.24) is 16.0 Å². The second kappa shape index (κ2) is 23.7. The predicted molar refractivity (Wildman–Crippen MR) is 253 cm³/mol. The molecular weight excluding hydrogens is 847 g/mol. The molecular formula is C51H89N3O12. The Morgan fingerprint density at radius 1 is 0.894 bits per heavy atom. The van der Waals surface area contributed by atoms with E-state index in [0.717, 1.165) is 32.1 Å². The first kappa shape index (κ1) is 54.9. The molecule has 3 aliphatic heterocycles. The molecule has 1 aliphatic carbocycles. The van der Waals surface area contributed by atoms with Crippen LogP contribution >= 0.6 is 0 Å². The summed E-state index contributed by atoms with van der Waals surface area (Å²) in [6.45, 7) is 21.5. The van der Waals surface area contributed by atoms with Crippen molar-refractivity contribution >= 4 is 5.97 Å². The highest BCUT2D eigenvalue weighted by Crippen LogP contribution is 2.43. The summed E-state index contributed by atoms with van der Waals surface area (Å²) in [6.07, 6.45) is -0.169. The number of nitrogens with one attached hydrogen (secondary N) is 3. The number of methoxy groups -OCH3 is 1. The van der Waals surface area contributed by atoms with Gasteiger partial charge in [0.05, 0.1) is 42.0 Å². The molecule has 0 radical (unpaired) electrons. The van der Waals surface area contributed by atoms with Crippen molar-refractivity contribution in [3.8, 4) is 5.75 Å². The molecule has 0 spiro atoms. The fourth-order valence-corrected chi connectivity index (χ4v) is 11.2. The summed E-state index contributed by atoms with van der Waals surface area (Å²) in [5.74, 6) is -1.94. The summed E-state index contributed by atoms with van der Waals surface area (Å²) in [4.78, 5) is 14.7.